The van der Waals surface area contributed by atoms with Crippen molar-refractivity contribution in [3.8, 4) is 0 Å². The van der Waals surface area contributed by atoms with E-state index in [0.29, 0.717) is 6.04 Å². The molecule has 2 aromatic rings. The van der Waals surface area contributed by atoms with Crippen molar-refractivity contribution in [1.82, 2.24) is 5.32 Å². The molecule has 1 aliphatic heterocycles. The Morgan fingerprint density at radius 3 is 2.71 bits per heavy atom. The molecular weight excluding hydrogens is 230 g/mol. The van der Waals surface area contributed by atoms with Crippen LogP contribution in [0.25, 0.3) is 0 Å². The highest BCUT2D eigenvalue weighted by Gasteiger charge is 2.21. The van der Waals surface area contributed by atoms with E-state index in [1.807, 2.05) is 18.2 Å². The Labute approximate surface area is 106 Å². The van der Waals surface area contributed by atoms with Gasteiger partial charge in [0, 0.05) is 17.6 Å². The summed E-state index contributed by atoms with van der Waals surface area (Å²) in [5, 5.41) is 4.40. The van der Waals surface area contributed by atoms with E-state index in [2.05, 4.69) is 35.6 Å². The lowest BCUT2D eigenvalue weighted by Crippen LogP contribution is -2.14. The average Bonchev–Trinajstić information content (AvgIpc) is 2.76. The summed E-state index contributed by atoms with van der Waals surface area (Å²) < 4.78 is 0. The molecule has 0 aromatic heterocycles. The van der Waals surface area contributed by atoms with Crippen LogP contribution in [0.15, 0.2) is 48.5 Å². The van der Waals surface area contributed by atoms with Crippen LogP contribution in [0.2, 0.25) is 5.02 Å². The maximum Gasteiger partial charge on any atom is 0.0438 e. The number of hydrogen-bond donors (Lipinski definition) is 1. The Kier molecular flexibility index (Phi) is 2.87. The molecule has 86 valence electrons. The Morgan fingerprint density at radius 1 is 1.06 bits per heavy atom. The van der Waals surface area contributed by atoms with E-state index >= 15 is 0 Å². The van der Waals surface area contributed by atoms with Crippen molar-refractivity contribution in [1.29, 1.82) is 0 Å². The molecule has 0 radical (unpaired) electrons. The van der Waals surface area contributed by atoms with Gasteiger partial charge in [-0.2, -0.15) is 0 Å². The summed E-state index contributed by atoms with van der Waals surface area (Å²) >= 11 is 6.20. The molecule has 2 heteroatoms. The zero-order valence-electron chi connectivity index (χ0n) is 9.49. The van der Waals surface area contributed by atoms with Crippen LogP contribution >= 0.6 is 11.6 Å². The SMILES string of the molecule is Clc1ccccc1CC1NCc2ccccc21. The van der Waals surface area contributed by atoms with Crippen LogP contribution in [0.5, 0.6) is 0 Å². The Bertz CT molecular complexity index is 536. The molecule has 2 aromatic carbocycles. The zero-order valence-corrected chi connectivity index (χ0v) is 10.2. The van der Waals surface area contributed by atoms with E-state index in [1.165, 1.54) is 16.7 Å². The van der Waals surface area contributed by atoms with Crippen molar-refractivity contribution in [3.05, 3.63) is 70.2 Å². The second-order valence-electron chi connectivity index (χ2n) is 4.43. The average molecular weight is 244 g/mol. The van der Waals surface area contributed by atoms with Crippen molar-refractivity contribution in [2.75, 3.05) is 0 Å². The van der Waals surface area contributed by atoms with Gasteiger partial charge in [-0.3, -0.25) is 0 Å². The van der Waals surface area contributed by atoms with E-state index in [9.17, 15) is 0 Å². The third-order valence-electron chi connectivity index (χ3n) is 3.35. The first kappa shape index (κ1) is 10.8. The summed E-state index contributed by atoms with van der Waals surface area (Å²) in [4.78, 5) is 0. The molecule has 1 nitrogen and oxygen atoms in total. The predicted molar refractivity (Wildman–Crippen MR) is 71.2 cm³/mol. The van der Waals surface area contributed by atoms with Crippen molar-refractivity contribution < 1.29 is 0 Å². The van der Waals surface area contributed by atoms with Gasteiger partial charge < -0.3 is 5.32 Å². The van der Waals surface area contributed by atoms with E-state index in [1.54, 1.807) is 0 Å². The highest BCUT2D eigenvalue weighted by molar-refractivity contribution is 6.31. The monoisotopic (exact) mass is 243 g/mol. The zero-order chi connectivity index (χ0) is 11.7. The van der Waals surface area contributed by atoms with Crippen LogP contribution in [0.1, 0.15) is 22.7 Å². The first-order valence-electron chi connectivity index (χ1n) is 5.89. The molecule has 0 spiro atoms. The van der Waals surface area contributed by atoms with Crippen LogP contribution in [0.4, 0.5) is 0 Å². The van der Waals surface area contributed by atoms with Crippen LogP contribution in [-0.2, 0) is 13.0 Å². The fourth-order valence-electron chi connectivity index (χ4n) is 2.44. The van der Waals surface area contributed by atoms with Gasteiger partial charge in [0.25, 0.3) is 0 Å². The van der Waals surface area contributed by atoms with Gasteiger partial charge in [0.05, 0.1) is 0 Å². The number of rotatable bonds is 2. The smallest absolute Gasteiger partial charge is 0.0438 e. The molecule has 0 fully saturated rings. The van der Waals surface area contributed by atoms with E-state index < -0.39 is 0 Å². The molecule has 1 unspecified atom stereocenters. The fraction of sp³-hybridized carbons (Fsp3) is 0.200. The molecule has 1 heterocycles. The Hall–Kier alpha value is -1.31. The largest absolute Gasteiger partial charge is 0.306 e. The van der Waals surface area contributed by atoms with Gasteiger partial charge >= 0.3 is 0 Å². The van der Waals surface area contributed by atoms with Crippen LogP contribution in [-0.4, -0.2) is 0 Å². The number of nitrogens with one attached hydrogen (secondary N) is 1. The van der Waals surface area contributed by atoms with Gasteiger partial charge in [-0.1, -0.05) is 54.1 Å². The molecule has 0 saturated heterocycles. The van der Waals surface area contributed by atoms with Crippen molar-refractivity contribution >= 4 is 11.6 Å². The minimum atomic E-state index is 0.395. The summed E-state index contributed by atoms with van der Waals surface area (Å²) in [5.41, 5.74) is 4.03. The standard InChI is InChI=1S/C15H14ClN/c16-14-8-4-2-5-11(14)9-15-13-7-3-1-6-12(13)10-17-15/h1-8,15,17H,9-10H2. The molecule has 0 amide bonds. The lowest BCUT2D eigenvalue weighted by molar-refractivity contribution is 0.581. The van der Waals surface area contributed by atoms with Gasteiger partial charge in [0.15, 0.2) is 0 Å². The highest BCUT2D eigenvalue weighted by Crippen LogP contribution is 2.29. The summed E-state index contributed by atoms with van der Waals surface area (Å²) in [7, 11) is 0. The predicted octanol–water partition coefficient (Wildman–Crippen LogP) is 3.73. The molecular formula is C15H14ClN. The maximum absolute atomic E-state index is 6.20. The lowest BCUT2D eigenvalue weighted by atomic mass is 9.99. The number of fused-ring (bicyclic) bond motifs is 1. The van der Waals surface area contributed by atoms with Gasteiger partial charge in [-0.05, 0) is 29.2 Å². The van der Waals surface area contributed by atoms with E-state index in [4.69, 9.17) is 11.6 Å². The second-order valence-corrected chi connectivity index (χ2v) is 4.84. The minimum absolute atomic E-state index is 0.395. The van der Waals surface area contributed by atoms with Crippen LogP contribution in [0, 0.1) is 0 Å². The maximum atomic E-state index is 6.20. The highest BCUT2D eigenvalue weighted by atomic mass is 35.5. The number of halogens is 1. The first-order chi connectivity index (χ1) is 8.34. The summed E-state index contributed by atoms with van der Waals surface area (Å²) in [6.07, 6.45) is 0.955. The Balaban J connectivity index is 1.87. The summed E-state index contributed by atoms with van der Waals surface area (Å²) in [6, 6.07) is 17.1. The molecule has 1 N–H and O–H groups in total. The first-order valence-corrected chi connectivity index (χ1v) is 6.27. The van der Waals surface area contributed by atoms with Crippen molar-refractivity contribution in [3.63, 3.8) is 0 Å². The van der Waals surface area contributed by atoms with Gasteiger partial charge in [-0.15, -0.1) is 0 Å². The fourth-order valence-corrected chi connectivity index (χ4v) is 2.66. The molecule has 3 rings (SSSR count). The topological polar surface area (TPSA) is 12.0 Å². The molecule has 0 aliphatic carbocycles. The van der Waals surface area contributed by atoms with Crippen LogP contribution < -0.4 is 5.32 Å². The molecule has 1 atom stereocenters. The number of hydrogen-bond acceptors (Lipinski definition) is 1. The molecule has 17 heavy (non-hydrogen) atoms. The third-order valence-corrected chi connectivity index (χ3v) is 3.72. The van der Waals surface area contributed by atoms with Crippen molar-refractivity contribution in [2.24, 2.45) is 0 Å². The summed E-state index contributed by atoms with van der Waals surface area (Å²) in [5.74, 6) is 0. The molecule has 0 saturated carbocycles. The van der Waals surface area contributed by atoms with Gasteiger partial charge in [0.2, 0.25) is 0 Å². The lowest BCUT2D eigenvalue weighted by Gasteiger charge is -2.13. The second kappa shape index (κ2) is 4.52. The summed E-state index contributed by atoms with van der Waals surface area (Å²) in [6.45, 7) is 0.964. The van der Waals surface area contributed by atoms with Gasteiger partial charge in [0.1, 0.15) is 0 Å². The quantitative estimate of drug-likeness (QED) is 0.848. The molecule has 0 bridgehead atoms. The third kappa shape index (κ3) is 2.08. The van der Waals surface area contributed by atoms with Crippen LogP contribution in [0.3, 0.4) is 0 Å². The van der Waals surface area contributed by atoms with Crippen molar-refractivity contribution in [2.45, 2.75) is 19.0 Å². The van der Waals surface area contributed by atoms with Gasteiger partial charge in [-0.25, -0.2) is 0 Å². The Morgan fingerprint density at radius 2 is 1.82 bits per heavy atom. The minimum Gasteiger partial charge on any atom is -0.306 e. The van der Waals surface area contributed by atoms with E-state index in [-0.39, 0.29) is 0 Å². The number of benzene rings is 2. The normalized spacial score (nSPS) is 18.1. The molecule has 1 aliphatic rings. The van der Waals surface area contributed by atoms with E-state index in [0.717, 1.165) is 18.0 Å².